The van der Waals surface area contributed by atoms with Gasteiger partial charge in [0.05, 0.1) is 6.04 Å². The van der Waals surface area contributed by atoms with Gasteiger partial charge in [-0.05, 0) is 61.6 Å². The van der Waals surface area contributed by atoms with Crippen LogP contribution in [-0.2, 0) is 0 Å². The number of anilines is 1. The normalized spacial score (nSPS) is 19.0. The van der Waals surface area contributed by atoms with Crippen LogP contribution < -0.4 is 10.6 Å². The van der Waals surface area contributed by atoms with Crippen LogP contribution in [0.4, 0.5) is 10.5 Å². The molecule has 0 spiro atoms. The smallest absolute Gasteiger partial charge is 0.322 e. The summed E-state index contributed by atoms with van der Waals surface area (Å²) in [4.78, 5) is 26.9. The molecule has 0 radical (unpaired) electrons. The topological polar surface area (TPSA) is 61.4 Å². The maximum Gasteiger partial charge on any atom is 0.322 e. The van der Waals surface area contributed by atoms with Crippen LogP contribution >= 0.6 is 11.6 Å². The number of nitrogens with zero attached hydrogens (tertiary/aromatic N) is 1. The van der Waals surface area contributed by atoms with Crippen LogP contribution in [0.15, 0.2) is 48.5 Å². The molecule has 140 valence electrons. The van der Waals surface area contributed by atoms with E-state index in [4.69, 9.17) is 11.6 Å². The van der Waals surface area contributed by atoms with Gasteiger partial charge >= 0.3 is 6.03 Å². The van der Waals surface area contributed by atoms with Crippen molar-refractivity contribution in [2.24, 2.45) is 0 Å². The molecule has 0 aromatic heterocycles. The van der Waals surface area contributed by atoms with Gasteiger partial charge in [-0.15, -0.1) is 0 Å². The minimum Gasteiger partial charge on any atom is -0.349 e. The summed E-state index contributed by atoms with van der Waals surface area (Å²) in [5.41, 5.74) is 2.24. The number of hydrogen-bond acceptors (Lipinski definition) is 2. The molecule has 2 fully saturated rings. The van der Waals surface area contributed by atoms with Gasteiger partial charge in [-0.3, -0.25) is 4.79 Å². The monoisotopic (exact) mass is 383 g/mol. The summed E-state index contributed by atoms with van der Waals surface area (Å²) in [5.74, 6) is -0.0911. The van der Waals surface area contributed by atoms with Crippen LogP contribution in [0, 0.1) is 0 Å². The summed E-state index contributed by atoms with van der Waals surface area (Å²) in [6.45, 7) is 0.699. The third-order valence-electron chi connectivity index (χ3n) is 5.04. The fraction of sp³-hybridized carbons (Fsp3) is 0.333. The lowest BCUT2D eigenvalue weighted by molar-refractivity contribution is 0.0951. The van der Waals surface area contributed by atoms with Crippen molar-refractivity contribution in [3.05, 3.63) is 64.7 Å². The Morgan fingerprint density at radius 1 is 1.04 bits per heavy atom. The molecule has 2 aromatic carbocycles. The fourth-order valence-electron chi connectivity index (χ4n) is 3.50. The number of hydrogen-bond donors (Lipinski definition) is 2. The van der Waals surface area contributed by atoms with Crippen molar-refractivity contribution in [2.75, 3.05) is 11.9 Å². The fourth-order valence-corrected chi connectivity index (χ4v) is 3.70. The lowest BCUT2D eigenvalue weighted by Gasteiger charge is -2.25. The van der Waals surface area contributed by atoms with E-state index in [1.165, 1.54) is 0 Å². The number of rotatable bonds is 4. The summed E-state index contributed by atoms with van der Waals surface area (Å²) in [6.07, 6.45) is 3.95. The molecule has 1 aliphatic heterocycles. The van der Waals surface area contributed by atoms with Crippen molar-refractivity contribution in [1.82, 2.24) is 10.2 Å². The van der Waals surface area contributed by atoms with E-state index in [1.807, 2.05) is 29.2 Å². The van der Waals surface area contributed by atoms with Gasteiger partial charge in [-0.25, -0.2) is 4.79 Å². The molecule has 1 unspecified atom stereocenters. The first-order chi connectivity index (χ1) is 13.1. The first kappa shape index (κ1) is 17.9. The molecule has 0 bridgehead atoms. The lowest BCUT2D eigenvalue weighted by Crippen LogP contribution is -2.34. The molecular formula is C21H22ClN3O2. The van der Waals surface area contributed by atoms with E-state index >= 15 is 0 Å². The SMILES string of the molecule is O=C(NC1CC1)c1cccc(NC(=O)N2CCCC2c2cccc(Cl)c2)c1. The highest BCUT2D eigenvalue weighted by Gasteiger charge is 2.30. The largest absolute Gasteiger partial charge is 0.349 e. The first-order valence-electron chi connectivity index (χ1n) is 9.34. The van der Waals surface area contributed by atoms with Crippen molar-refractivity contribution < 1.29 is 9.59 Å². The van der Waals surface area contributed by atoms with Gasteiger partial charge in [0.15, 0.2) is 0 Å². The van der Waals surface area contributed by atoms with Crippen molar-refractivity contribution in [3.63, 3.8) is 0 Å². The zero-order valence-electron chi connectivity index (χ0n) is 15.0. The van der Waals surface area contributed by atoms with Gasteiger partial charge in [0, 0.05) is 28.9 Å². The predicted octanol–water partition coefficient (Wildman–Crippen LogP) is 4.60. The second kappa shape index (κ2) is 7.61. The summed E-state index contributed by atoms with van der Waals surface area (Å²) in [7, 11) is 0. The van der Waals surface area contributed by atoms with E-state index in [-0.39, 0.29) is 18.0 Å². The molecule has 1 saturated carbocycles. The van der Waals surface area contributed by atoms with Gasteiger partial charge in [-0.2, -0.15) is 0 Å². The Morgan fingerprint density at radius 2 is 1.85 bits per heavy atom. The first-order valence-corrected chi connectivity index (χ1v) is 9.72. The molecule has 6 heteroatoms. The minimum atomic E-state index is -0.155. The Kier molecular flexibility index (Phi) is 5.03. The molecule has 4 rings (SSSR count). The summed E-state index contributed by atoms with van der Waals surface area (Å²) >= 11 is 6.11. The van der Waals surface area contributed by atoms with Gasteiger partial charge in [0.2, 0.25) is 0 Å². The maximum atomic E-state index is 12.8. The van der Waals surface area contributed by atoms with E-state index in [1.54, 1.807) is 24.3 Å². The third kappa shape index (κ3) is 4.25. The molecule has 5 nitrogen and oxygen atoms in total. The summed E-state index contributed by atoms with van der Waals surface area (Å²) in [5, 5.41) is 6.58. The van der Waals surface area contributed by atoms with Crippen molar-refractivity contribution in [3.8, 4) is 0 Å². The minimum absolute atomic E-state index is 0.0186. The molecule has 27 heavy (non-hydrogen) atoms. The van der Waals surface area contributed by atoms with Crippen molar-refractivity contribution in [2.45, 2.75) is 37.8 Å². The van der Waals surface area contributed by atoms with Crippen LogP contribution in [-0.4, -0.2) is 29.4 Å². The highest BCUT2D eigenvalue weighted by atomic mass is 35.5. The van der Waals surface area contributed by atoms with E-state index in [0.29, 0.717) is 28.9 Å². The number of nitrogens with one attached hydrogen (secondary N) is 2. The Hall–Kier alpha value is -2.53. The molecule has 1 aliphatic carbocycles. The number of amides is 3. The Labute approximate surface area is 163 Å². The molecule has 2 N–H and O–H groups in total. The molecule has 2 aromatic rings. The number of likely N-dealkylation sites (tertiary alicyclic amines) is 1. The highest BCUT2D eigenvalue weighted by molar-refractivity contribution is 6.30. The van der Waals surface area contributed by atoms with Gasteiger partial charge in [0.1, 0.15) is 0 Å². The number of halogens is 1. The standard InChI is InChI=1S/C21H22ClN3O2/c22-16-6-1-4-14(12-16)19-8-3-11-25(19)21(27)24-18-7-2-5-15(13-18)20(26)23-17-9-10-17/h1-2,4-7,12-13,17,19H,3,8-11H2,(H,23,26)(H,24,27). The molecule has 2 aliphatic rings. The average molecular weight is 384 g/mol. The van der Waals surface area contributed by atoms with Crippen molar-refractivity contribution >= 4 is 29.2 Å². The summed E-state index contributed by atoms with van der Waals surface area (Å²) in [6, 6.07) is 14.9. The van der Waals surface area contributed by atoms with Crippen LogP contribution in [0.25, 0.3) is 0 Å². The Bertz CT molecular complexity index is 866. The highest BCUT2D eigenvalue weighted by Crippen LogP contribution is 2.33. The Balaban J connectivity index is 1.46. The van der Waals surface area contributed by atoms with E-state index in [9.17, 15) is 9.59 Å². The molecule has 1 saturated heterocycles. The van der Waals surface area contributed by atoms with E-state index < -0.39 is 0 Å². The molecular weight excluding hydrogens is 362 g/mol. The van der Waals surface area contributed by atoms with Crippen molar-refractivity contribution in [1.29, 1.82) is 0 Å². The van der Waals surface area contributed by atoms with E-state index in [2.05, 4.69) is 10.6 Å². The van der Waals surface area contributed by atoms with Gasteiger partial charge < -0.3 is 15.5 Å². The Morgan fingerprint density at radius 3 is 2.63 bits per heavy atom. The zero-order chi connectivity index (χ0) is 18.8. The lowest BCUT2D eigenvalue weighted by atomic mass is 10.0. The van der Waals surface area contributed by atoms with Crippen LogP contribution in [0.1, 0.15) is 47.6 Å². The quantitative estimate of drug-likeness (QED) is 0.810. The molecule has 1 atom stereocenters. The van der Waals surface area contributed by atoms with E-state index in [0.717, 1.165) is 31.2 Å². The van der Waals surface area contributed by atoms with Crippen LogP contribution in [0.5, 0.6) is 0 Å². The second-order valence-corrected chi connectivity index (χ2v) is 7.60. The van der Waals surface area contributed by atoms with Crippen LogP contribution in [0.2, 0.25) is 5.02 Å². The second-order valence-electron chi connectivity index (χ2n) is 7.17. The van der Waals surface area contributed by atoms with Crippen LogP contribution in [0.3, 0.4) is 0 Å². The average Bonchev–Trinajstić information content (AvgIpc) is 3.33. The predicted molar refractivity (Wildman–Crippen MR) is 106 cm³/mol. The zero-order valence-corrected chi connectivity index (χ0v) is 15.7. The number of carbonyl (C=O) groups excluding carboxylic acids is 2. The number of urea groups is 1. The number of benzene rings is 2. The summed E-state index contributed by atoms with van der Waals surface area (Å²) < 4.78 is 0. The van der Waals surface area contributed by atoms with Gasteiger partial charge in [-0.1, -0.05) is 29.8 Å². The molecule has 3 amide bonds. The maximum absolute atomic E-state index is 12.8. The van der Waals surface area contributed by atoms with Gasteiger partial charge in [0.25, 0.3) is 5.91 Å². The number of carbonyl (C=O) groups is 2. The molecule has 1 heterocycles. The third-order valence-corrected chi connectivity index (χ3v) is 5.27.